The lowest BCUT2D eigenvalue weighted by molar-refractivity contribution is -0.137. The van der Waals surface area contributed by atoms with Gasteiger partial charge in [0.25, 0.3) is 5.78 Å². The summed E-state index contributed by atoms with van der Waals surface area (Å²) in [5, 5.41) is 9.37. The molecule has 0 unspecified atom stereocenters. The van der Waals surface area contributed by atoms with Crippen molar-refractivity contribution in [3.63, 3.8) is 0 Å². The number of hydrogen-bond acceptors (Lipinski definition) is 3. The Morgan fingerprint density at radius 3 is 2.40 bits per heavy atom. The van der Waals surface area contributed by atoms with Crippen molar-refractivity contribution >= 4 is 11.8 Å². The molecule has 2 atom stereocenters. The molecule has 42 heavy (non-hydrogen) atoms. The molecule has 2 saturated carbocycles. The van der Waals surface area contributed by atoms with Gasteiger partial charge in [-0.25, -0.2) is 4.39 Å². The van der Waals surface area contributed by atoms with Crippen molar-refractivity contribution in [1.82, 2.24) is 0 Å². The number of hydrogen-bond donors (Lipinski definition) is 1. The molecule has 0 aliphatic heterocycles. The van der Waals surface area contributed by atoms with Crippen molar-refractivity contribution in [1.29, 1.82) is 0 Å². The molecule has 3 aromatic carbocycles. The van der Waals surface area contributed by atoms with E-state index >= 15 is 4.39 Å². The molecule has 0 aromatic heterocycles. The summed E-state index contributed by atoms with van der Waals surface area (Å²) >= 11 is 0. The van der Waals surface area contributed by atoms with Crippen LogP contribution in [-0.4, -0.2) is 23.0 Å². The number of carbonyl (C=O) groups excluding carboxylic acids is 1. The van der Waals surface area contributed by atoms with Crippen LogP contribution in [0.15, 0.2) is 60.7 Å². The first kappa shape index (κ1) is 29.8. The largest absolute Gasteiger partial charge is 0.489 e. The summed E-state index contributed by atoms with van der Waals surface area (Å²) in [6.07, 6.45) is -0.177. The highest BCUT2D eigenvalue weighted by Gasteiger charge is 2.40. The maximum absolute atomic E-state index is 15.1. The van der Waals surface area contributed by atoms with Crippen LogP contribution in [0, 0.1) is 17.2 Å². The van der Waals surface area contributed by atoms with Gasteiger partial charge in [0.15, 0.2) is 0 Å². The van der Waals surface area contributed by atoms with Gasteiger partial charge in [0.1, 0.15) is 18.2 Å². The molecule has 3 aromatic rings. The monoisotopic (exact) mass is 582 g/mol. The van der Waals surface area contributed by atoms with Crippen LogP contribution in [-0.2, 0) is 11.4 Å². The number of Topliss-reactive ketones (excluding diaryl/α,β-unsaturated/α-hetero) is 1. The third-order valence-corrected chi connectivity index (χ3v) is 8.80. The zero-order chi connectivity index (χ0) is 30.2. The predicted molar refractivity (Wildman–Crippen MR) is 151 cm³/mol. The maximum atomic E-state index is 15.1. The molecule has 0 spiro atoms. The van der Waals surface area contributed by atoms with E-state index < -0.39 is 29.3 Å². The van der Waals surface area contributed by atoms with Gasteiger partial charge in [0.2, 0.25) is 0 Å². The lowest BCUT2D eigenvalue weighted by atomic mass is 9.75. The van der Waals surface area contributed by atoms with Gasteiger partial charge in [-0.3, -0.25) is 9.59 Å². The average Bonchev–Trinajstić information content (AvgIpc) is 3.72. The molecular formula is C34H34F4O4. The Balaban J connectivity index is 1.46. The number of rotatable bonds is 10. The van der Waals surface area contributed by atoms with Crippen molar-refractivity contribution < 1.29 is 37.0 Å². The van der Waals surface area contributed by atoms with E-state index in [4.69, 9.17) is 4.74 Å². The lowest BCUT2D eigenvalue weighted by Gasteiger charge is -2.30. The molecule has 4 nitrogen and oxygen atoms in total. The van der Waals surface area contributed by atoms with E-state index in [1.54, 1.807) is 12.1 Å². The van der Waals surface area contributed by atoms with Crippen LogP contribution in [0.2, 0.25) is 0 Å². The van der Waals surface area contributed by atoms with Gasteiger partial charge in [0.05, 0.1) is 6.42 Å². The van der Waals surface area contributed by atoms with Crippen LogP contribution in [0.4, 0.5) is 17.6 Å². The van der Waals surface area contributed by atoms with E-state index in [0.29, 0.717) is 17.2 Å². The zero-order valence-corrected chi connectivity index (χ0v) is 23.6. The van der Waals surface area contributed by atoms with E-state index in [1.165, 1.54) is 0 Å². The quantitative estimate of drug-likeness (QED) is 0.191. The summed E-state index contributed by atoms with van der Waals surface area (Å²) in [6.45, 7) is 4.47. The summed E-state index contributed by atoms with van der Waals surface area (Å²) in [5.41, 5.74) is 2.29. The smallest absolute Gasteiger partial charge is 0.454 e. The van der Waals surface area contributed by atoms with Gasteiger partial charge in [-0.05, 0) is 101 Å². The molecule has 8 heteroatoms. The Morgan fingerprint density at radius 1 is 1.00 bits per heavy atom. The Bertz CT molecular complexity index is 1490. The molecule has 5 rings (SSSR count). The number of carboxylic acids is 1. The highest BCUT2D eigenvalue weighted by molar-refractivity contribution is 6.01. The fraction of sp³-hybridized carbons (Fsp3) is 0.412. The van der Waals surface area contributed by atoms with Gasteiger partial charge >= 0.3 is 12.1 Å². The Morgan fingerprint density at radius 2 is 1.76 bits per heavy atom. The predicted octanol–water partition coefficient (Wildman–Crippen LogP) is 9.08. The van der Waals surface area contributed by atoms with E-state index in [9.17, 15) is 27.9 Å². The van der Waals surface area contributed by atoms with E-state index in [0.717, 1.165) is 67.0 Å². The first-order chi connectivity index (χ1) is 19.8. The highest BCUT2D eigenvalue weighted by atomic mass is 19.4. The van der Waals surface area contributed by atoms with Crippen molar-refractivity contribution in [3.05, 3.63) is 88.7 Å². The number of alkyl halides is 3. The second-order valence-corrected chi connectivity index (χ2v) is 12.3. The van der Waals surface area contributed by atoms with Crippen LogP contribution < -0.4 is 4.74 Å². The summed E-state index contributed by atoms with van der Waals surface area (Å²) in [4.78, 5) is 23.4. The van der Waals surface area contributed by atoms with E-state index in [-0.39, 0.29) is 35.8 Å². The SMILES string of the molecule is CC1(C)CCC[C@H]1c1cc(COc2cccc([C@@H](CC(=O)O)C3CC3)c2)ccc1-c1cc(C(=O)C(F)(F)F)ccc1F. The van der Waals surface area contributed by atoms with Crippen LogP contribution in [0.25, 0.3) is 11.1 Å². The second-order valence-electron chi connectivity index (χ2n) is 12.3. The molecule has 0 heterocycles. The first-order valence-corrected chi connectivity index (χ1v) is 14.3. The molecule has 0 radical (unpaired) electrons. The number of ketones is 1. The van der Waals surface area contributed by atoms with Crippen LogP contribution in [0.1, 0.15) is 91.3 Å². The van der Waals surface area contributed by atoms with Crippen molar-refractivity contribution in [2.45, 2.75) is 77.0 Å². The minimum Gasteiger partial charge on any atom is -0.489 e. The van der Waals surface area contributed by atoms with Gasteiger partial charge in [0, 0.05) is 11.1 Å². The standard InChI is InChI=1S/C34H34F4O4/c1-33(2)14-4-7-29(33)27-15-20(8-12-25(27)28-17-23(11-13-30(28)35)32(41)34(36,37)38)19-42-24-6-3-5-22(16-24)26(18-31(39)40)21-9-10-21/h3,5-6,8,11-13,15-17,21,26,29H,4,7,9-10,14,18-19H2,1-2H3,(H,39,40)/t26-,29-/m0/s1. The molecule has 0 saturated heterocycles. The number of benzene rings is 3. The Kier molecular flexibility index (Phi) is 8.19. The van der Waals surface area contributed by atoms with Crippen molar-refractivity contribution in [2.24, 2.45) is 11.3 Å². The number of aliphatic carboxylic acids is 1. The van der Waals surface area contributed by atoms with Gasteiger partial charge in [-0.1, -0.05) is 50.6 Å². The van der Waals surface area contributed by atoms with Gasteiger partial charge < -0.3 is 9.84 Å². The minimum absolute atomic E-state index is 0.0347. The molecule has 2 aliphatic rings. The summed E-state index contributed by atoms with van der Waals surface area (Å²) in [7, 11) is 0. The molecular weight excluding hydrogens is 548 g/mol. The number of carboxylic acid groups (broad SMARTS) is 1. The third-order valence-electron chi connectivity index (χ3n) is 8.80. The van der Waals surface area contributed by atoms with Crippen molar-refractivity contribution in [3.8, 4) is 16.9 Å². The minimum atomic E-state index is -5.06. The van der Waals surface area contributed by atoms with Crippen molar-refractivity contribution in [2.75, 3.05) is 0 Å². The maximum Gasteiger partial charge on any atom is 0.454 e. The molecule has 2 fully saturated rings. The molecule has 2 aliphatic carbocycles. The van der Waals surface area contributed by atoms with Gasteiger partial charge in [-0.15, -0.1) is 0 Å². The number of carbonyl (C=O) groups is 2. The fourth-order valence-corrected chi connectivity index (χ4v) is 6.42. The Hall–Kier alpha value is -3.68. The van der Waals surface area contributed by atoms with E-state index in [1.807, 2.05) is 30.3 Å². The average molecular weight is 583 g/mol. The van der Waals surface area contributed by atoms with Crippen LogP contribution in [0.5, 0.6) is 5.75 Å². The van der Waals surface area contributed by atoms with Gasteiger partial charge in [-0.2, -0.15) is 13.2 Å². The topological polar surface area (TPSA) is 63.6 Å². The van der Waals surface area contributed by atoms with E-state index in [2.05, 4.69) is 13.8 Å². The summed E-state index contributed by atoms with van der Waals surface area (Å²) in [5.74, 6) is -2.58. The van der Waals surface area contributed by atoms with Crippen LogP contribution >= 0.6 is 0 Å². The summed E-state index contributed by atoms with van der Waals surface area (Å²) in [6, 6.07) is 15.7. The fourth-order valence-electron chi connectivity index (χ4n) is 6.42. The summed E-state index contributed by atoms with van der Waals surface area (Å²) < 4.78 is 60.7. The first-order valence-electron chi connectivity index (χ1n) is 14.3. The molecule has 0 bridgehead atoms. The number of halogens is 4. The molecule has 1 N–H and O–H groups in total. The second kappa shape index (κ2) is 11.5. The zero-order valence-electron chi connectivity index (χ0n) is 23.6. The number of ether oxygens (including phenoxy) is 1. The highest BCUT2D eigenvalue weighted by Crippen LogP contribution is 2.51. The third kappa shape index (κ3) is 6.53. The molecule has 0 amide bonds. The van der Waals surface area contributed by atoms with Crippen LogP contribution in [0.3, 0.4) is 0 Å². The normalized spacial score (nSPS) is 19.0. The molecule has 222 valence electrons. The lowest BCUT2D eigenvalue weighted by Crippen LogP contribution is -2.22. The Labute approximate surface area is 242 Å².